The maximum absolute atomic E-state index is 7.36. The van der Waals surface area contributed by atoms with Gasteiger partial charge in [-0.15, -0.1) is 11.3 Å². The molecule has 2 aromatic carbocycles. The van der Waals surface area contributed by atoms with Gasteiger partial charge < -0.3 is 15.8 Å². The lowest BCUT2D eigenvalue weighted by Gasteiger charge is -2.50. The third-order valence-electron chi connectivity index (χ3n) is 6.58. The number of nitrogens with one attached hydrogen (secondary N) is 1. The minimum atomic E-state index is -0.483. The highest BCUT2D eigenvalue weighted by Crippen LogP contribution is 2.41. The van der Waals surface area contributed by atoms with Gasteiger partial charge in [0.1, 0.15) is 5.75 Å². The van der Waals surface area contributed by atoms with Crippen LogP contribution in [-0.4, -0.2) is 36.6 Å². The molecule has 32 heavy (non-hydrogen) atoms. The van der Waals surface area contributed by atoms with Crippen molar-refractivity contribution in [1.29, 1.82) is 0 Å². The van der Waals surface area contributed by atoms with E-state index in [4.69, 9.17) is 10.5 Å². The maximum Gasteiger partial charge on any atom is 0.182 e. The molecule has 0 bridgehead atoms. The van der Waals surface area contributed by atoms with Crippen molar-refractivity contribution in [2.75, 3.05) is 32.1 Å². The van der Waals surface area contributed by atoms with E-state index in [1.807, 2.05) is 23.7 Å². The zero-order chi connectivity index (χ0) is 22.2. The van der Waals surface area contributed by atoms with Gasteiger partial charge >= 0.3 is 0 Å². The van der Waals surface area contributed by atoms with E-state index in [9.17, 15) is 0 Å². The standard InChI is InChI=1S/C26H34N4OS/c1-31-24-14-6-5-10-21(24)20-23-13-9-18-30(26(23,27)22-11-3-2-4-12-22)17-8-7-15-28-25-29-16-19-32-25/h2-6,10-12,14,16,19,23H,7-9,13,15,17-18,20,27H2,1H3,(H,28,29)/t23-,26+/m0/s1. The van der Waals surface area contributed by atoms with Crippen molar-refractivity contribution in [3.05, 3.63) is 77.3 Å². The smallest absolute Gasteiger partial charge is 0.182 e. The highest BCUT2D eigenvalue weighted by Gasteiger charge is 2.44. The van der Waals surface area contributed by atoms with Crippen LogP contribution in [0.4, 0.5) is 5.13 Å². The van der Waals surface area contributed by atoms with Gasteiger partial charge in [-0.2, -0.15) is 0 Å². The number of rotatable bonds is 10. The summed E-state index contributed by atoms with van der Waals surface area (Å²) < 4.78 is 5.64. The second-order valence-corrected chi connectivity index (χ2v) is 9.40. The Kier molecular flexibility index (Phi) is 7.79. The van der Waals surface area contributed by atoms with Crippen molar-refractivity contribution in [2.45, 2.75) is 37.8 Å². The summed E-state index contributed by atoms with van der Waals surface area (Å²) in [6.07, 6.45) is 7.24. The summed E-state index contributed by atoms with van der Waals surface area (Å²) in [6.45, 7) is 2.97. The number of ether oxygens (including phenoxy) is 1. The Morgan fingerprint density at radius 1 is 1.16 bits per heavy atom. The molecule has 1 fully saturated rings. The number of hydrogen-bond acceptors (Lipinski definition) is 6. The van der Waals surface area contributed by atoms with E-state index >= 15 is 0 Å². The fourth-order valence-corrected chi connectivity index (χ4v) is 5.50. The first-order valence-electron chi connectivity index (χ1n) is 11.6. The predicted octanol–water partition coefficient (Wildman–Crippen LogP) is 5.11. The lowest BCUT2D eigenvalue weighted by atomic mass is 9.75. The highest BCUT2D eigenvalue weighted by molar-refractivity contribution is 7.13. The van der Waals surface area contributed by atoms with Gasteiger partial charge in [-0.1, -0.05) is 48.5 Å². The first kappa shape index (κ1) is 22.8. The van der Waals surface area contributed by atoms with Crippen molar-refractivity contribution in [2.24, 2.45) is 11.7 Å². The molecule has 170 valence electrons. The summed E-state index contributed by atoms with van der Waals surface area (Å²) in [4.78, 5) is 6.82. The zero-order valence-electron chi connectivity index (χ0n) is 18.9. The van der Waals surface area contributed by atoms with Crippen LogP contribution in [0.5, 0.6) is 5.75 Å². The molecule has 0 unspecified atom stereocenters. The average Bonchev–Trinajstić information content (AvgIpc) is 3.35. The Morgan fingerprint density at radius 2 is 1.97 bits per heavy atom. The van der Waals surface area contributed by atoms with Crippen LogP contribution in [0.1, 0.15) is 36.8 Å². The number of para-hydroxylation sites is 1. The van der Waals surface area contributed by atoms with Gasteiger partial charge in [-0.3, -0.25) is 4.90 Å². The zero-order valence-corrected chi connectivity index (χ0v) is 19.7. The summed E-state index contributed by atoms with van der Waals surface area (Å²) in [6, 6.07) is 19.0. The molecule has 2 atom stereocenters. The number of benzene rings is 2. The summed E-state index contributed by atoms with van der Waals surface area (Å²) in [5.41, 5.74) is 9.32. The van der Waals surface area contributed by atoms with E-state index in [1.165, 1.54) is 17.5 Å². The van der Waals surface area contributed by atoms with E-state index < -0.39 is 5.66 Å². The first-order chi connectivity index (χ1) is 15.7. The van der Waals surface area contributed by atoms with E-state index in [1.54, 1.807) is 18.4 Å². The molecule has 0 radical (unpaired) electrons. The molecule has 5 nitrogen and oxygen atoms in total. The Balaban J connectivity index is 1.48. The Bertz CT molecular complexity index is 949. The quantitative estimate of drug-likeness (QED) is 0.420. The SMILES string of the molecule is COc1ccccc1C[C@@H]1CCCN(CCCCNc2nccs2)[C@]1(N)c1ccccc1. The minimum absolute atomic E-state index is 0.323. The molecular weight excluding hydrogens is 416 g/mol. The highest BCUT2D eigenvalue weighted by atomic mass is 32.1. The lowest BCUT2D eigenvalue weighted by molar-refractivity contribution is -0.00790. The van der Waals surface area contributed by atoms with Crippen molar-refractivity contribution >= 4 is 16.5 Å². The molecule has 0 amide bonds. The van der Waals surface area contributed by atoms with Gasteiger partial charge in [0.05, 0.1) is 12.8 Å². The van der Waals surface area contributed by atoms with Gasteiger partial charge in [0.15, 0.2) is 5.13 Å². The molecule has 2 heterocycles. The molecule has 1 aromatic heterocycles. The van der Waals surface area contributed by atoms with Crippen molar-refractivity contribution in [3.63, 3.8) is 0 Å². The van der Waals surface area contributed by atoms with Gasteiger partial charge in [0.25, 0.3) is 0 Å². The molecule has 0 spiro atoms. The van der Waals surface area contributed by atoms with Crippen LogP contribution < -0.4 is 15.8 Å². The summed E-state index contributed by atoms with van der Waals surface area (Å²) in [5.74, 6) is 1.27. The Hall–Kier alpha value is -2.41. The average molecular weight is 451 g/mol. The lowest BCUT2D eigenvalue weighted by Crippen LogP contribution is -2.61. The van der Waals surface area contributed by atoms with Crippen LogP contribution in [0.25, 0.3) is 0 Å². The monoisotopic (exact) mass is 450 g/mol. The van der Waals surface area contributed by atoms with Crippen LogP contribution >= 0.6 is 11.3 Å². The van der Waals surface area contributed by atoms with Crippen LogP contribution in [0, 0.1) is 5.92 Å². The number of thiazole rings is 1. The molecule has 1 aliphatic heterocycles. The number of piperidine rings is 1. The van der Waals surface area contributed by atoms with E-state index in [0.29, 0.717) is 5.92 Å². The van der Waals surface area contributed by atoms with E-state index in [0.717, 1.165) is 56.2 Å². The molecule has 0 saturated carbocycles. The molecule has 1 aliphatic rings. The number of nitrogens with zero attached hydrogens (tertiary/aromatic N) is 2. The number of anilines is 1. The molecule has 0 aliphatic carbocycles. The largest absolute Gasteiger partial charge is 0.496 e. The summed E-state index contributed by atoms with van der Waals surface area (Å²) in [5, 5.41) is 6.41. The molecule has 6 heteroatoms. The predicted molar refractivity (Wildman–Crippen MR) is 133 cm³/mol. The maximum atomic E-state index is 7.36. The Labute approximate surface area is 195 Å². The van der Waals surface area contributed by atoms with Gasteiger partial charge in [0, 0.05) is 31.2 Å². The normalized spacial score (nSPS) is 21.4. The van der Waals surface area contributed by atoms with Crippen LogP contribution in [0.2, 0.25) is 0 Å². The second-order valence-electron chi connectivity index (χ2n) is 8.50. The van der Waals surface area contributed by atoms with Gasteiger partial charge in [0.2, 0.25) is 0 Å². The number of methoxy groups -OCH3 is 1. The molecular formula is C26H34N4OS. The van der Waals surface area contributed by atoms with Crippen molar-refractivity contribution in [1.82, 2.24) is 9.88 Å². The molecule has 1 saturated heterocycles. The molecule has 4 rings (SSSR count). The fourth-order valence-electron chi connectivity index (χ4n) is 4.94. The van der Waals surface area contributed by atoms with Gasteiger partial charge in [-0.25, -0.2) is 4.98 Å². The van der Waals surface area contributed by atoms with E-state index in [2.05, 4.69) is 57.7 Å². The topological polar surface area (TPSA) is 63.4 Å². The Morgan fingerprint density at radius 3 is 2.75 bits per heavy atom. The molecule has 3 aromatic rings. The third kappa shape index (κ3) is 5.14. The number of nitrogens with two attached hydrogens (primary N) is 1. The second kappa shape index (κ2) is 10.9. The van der Waals surface area contributed by atoms with Crippen LogP contribution in [0.3, 0.4) is 0 Å². The van der Waals surface area contributed by atoms with Crippen LogP contribution in [-0.2, 0) is 12.1 Å². The molecule has 3 N–H and O–H groups in total. The number of aromatic nitrogens is 1. The fraction of sp³-hybridized carbons (Fsp3) is 0.423. The van der Waals surface area contributed by atoms with Crippen LogP contribution in [0.15, 0.2) is 66.2 Å². The van der Waals surface area contributed by atoms with E-state index in [-0.39, 0.29) is 0 Å². The first-order valence-corrected chi connectivity index (χ1v) is 12.4. The van der Waals surface area contributed by atoms with Crippen molar-refractivity contribution in [3.8, 4) is 5.75 Å². The summed E-state index contributed by atoms with van der Waals surface area (Å²) in [7, 11) is 1.75. The number of likely N-dealkylation sites (tertiary alicyclic amines) is 1. The van der Waals surface area contributed by atoms with Gasteiger partial charge in [-0.05, 0) is 55.2 Å². The number of hydrogen-bond donors (Lipinski definition) is 2. The number of unbranched alkanes of at least 4 members (excludes halogenated alkanes) is 1. The minimum Gasteiger partial charge on any atom is -0.496 e. The van der Waals surface area contributed by atoms with Crippen molar-refractivity contribution < 1.29 is 4.74 Å². The third-order valence-corrected chi connectivity index (χ3v) is 7.32. The summed E-state index contributed by atoms with van der Waals surface area (Å²) >= 11 is 1.65.